The molecule has 2 aromatic carbocycles. The fraction of sp³-hybridized carbons (Fsp3) is 0.150. The first kappa shape index (κ1) is 22.0. The second-order valence-electron chi connectivity index (χ2n) is 6.55. The molecule has 2 aromatic rings. The van der Waals surface area contributed by atoms with Crippen LogP contribution in [0.1, 0.15) is 5.56 Å². The fourth-order valence-corrected chi connectivity index (χ4v) is 4.12. The first-order valence-corrected chi connectivity index (χ1v) is 10.4. The van der Waals surface area contributed by atoms with Crippen LogP contribution in [-0.4, -0.2) is 35.8 Å². The van der Waals surface area contributed by atoms with Gasteiger partial charge in [-0.2, -0.15) is 0 Å². The number of nitrogens with one attached hydrogen (secondary N) is 2. The van der Waals surface area contributed by atoms with E-state index in [4.69, 9.17) is 17.0 Å². The average molecular weight is 481 g/mol. The molecule has 4 rings (SSSR count). The monoisotopic (exact) mass is 481 g/mol. The Morgan fingerprint density at radius 2 is 2.06 bits per heavy atom. The summed E-state index contributed by atoms with van der Waals surface area (Å²) in [7, 11) is 0. The minimum atomic E-state index is -4.90. The van der Waals surface area contributed by atoms with Crippen LogP contribution in [0.15, 0.2) is 47.4 Å². The number of fused-ring (bicyclic) bond motifs is 1. The lowest BCUT2D eigenvalue weighted by atomic mass is 10.1. The number of hydrogen-bond donors (Lipinski definition) is 2. The molecular formula is C20H14F3N3O4S2. The van der Waals surface area contributed by atoms with Gasteiger partial charge in [-0.25, -0.2) is 4.79 Å². The molecule has 7 nitrogen and oxygen atoms in total. The zero-order chi connectivity index (χ0) is 22.9. The Morgan fingerprint density at radius 3 is 2.78 bits per heavy atom. The molecule has 2 N–H and O–H groups in total. The second-order valence-corrected chi connectivity index (χ2v) is 8.27. The molecule has 1 saturated heterocycles. The molecule has 0 aromatic heterocycles. The first-order valence-electron chi connectivity index (χ1n) is 9.14. The number of halogens is 3. The SMILES string of the molecule is O=C1NC(=S)SC1=Cc1ccc2c(c1)N(C(=O)Nc1ccccc1OC(F)(F)F)CCO2. The minimum absolute atomic E-state index is 0.131. The van der Waals surface area contributed by atoms with Crippen LogP contribution < -0.4 is 25.0 Å². The molecule has 0 aliphatic carbocycles. The van der Waals surface area contributed by atoms with E-state index in [1.807, 2.05) is 0 Å². The normalized spacial score (nSPS) is 17.0. The maximum Gasteiger partial charge on any atom is 0.573 e. The molecule has 166 valence electrons. The van der Waals surface area contributed by atoms with Gasteiger partial charge in [-0.3, -0.25) is 9.69 Å². The smallest absolute Gasteiger partial charge is 0.490 e. The molecule has 2 aliphatic rings. The number of urea groups is 1. The molecule has 0 saturated carbocycles. The van der Waals surface area contributed by atoms with E-state index in [1.165, 1.54) is 23.1 Å². The highest BCUT2D eigenvalue weighted by Gasteiger charge is 2.33. The average Bonchev–Trinajstić information content (AvgIpc) is 3.04. The van der Waals surface area contributed by atoms with Crippen LogP contribution in [0.5, 0.6) is 11.5 Å². The number of carbonyl (C=O) groups is 2. The maximum absolute atomic E-state index is 12.9. The summed E-state index contributed by atoms with van der Waals surface area (Å²) in [4.78, 5) is 26.6. The summed E-state index contributed by atoms with van der Waals surface area (Å²) in [5.41, 5.74) is 0.896. The molecule has 2 aliphatic heterocycles. The van der Waals surface area contributed by atoms with Gasteiger partial charge in [0.1, 0.15) is 16.7 Å². The van der Waals surface area contributed by atoms with Gasteiger partial charge in [0, 0.05) is 0 Å². The Bertz CT molecular complexity index is 1140. The number of alkyl halides is 3. The van der Waals surface area contributed by atoms with Gasteiger partial charge in [0.2, 0.25) is 0 Å². The summed E-state index contributed by atoms with van der Waals surface area (Å²) in [6.07, 6.45) is -3.28. The van der Waals surface area contributed by atoms with E-state index in [-0.39, 0.29) is 24.7 Å². The third-order valence-corrected chi connectivity index (χ3v) is 5.55. The van der Waals surface area contributed by atoms with Crippen molar-refractivity contribution in [2.75, 3.05) is 23.4 Å². The molecule has 0 radical (unpaired) electrons. The van der Waals surface area contributed by atoms with E-state index < -0.39 is 18.1 Å². The number of thiocarbonyl (C=S) groups is 1. The van der Waals surface area contributed by atoms with Crippen molar-refractivity contribution in [3.63, 3.8) is 0 Å². The van der Waals surface area contributed by atoms with Gasteiger partial charge >= 0.3 is 12.4 Å². The van der Waals surface area contributed by atoms with Crippen molar-refractivity contribution in [1.82, 2.24) is 5.32 Å². The number of amides is 3. The van der Waals surface area contributed by atoms with Gasteiger partial charge < -0.3 is 20.1 Å². The molecule has 0 bridgehead atoms. The van der Waals surface area contributed by atoms with Crippen molar-refractivity contribution in [1.29, 1.82) is 0 Å². The maximum atomic E-state index is 12.9. The van der Waals surface area contributed by atoms with Gasteiger partial charge in [-0.1, -0.05) is 42.2 Å². The number of thioether (sulfide) groups is 1. The summed E-state index contributed by atoms with van der Waals surface area (Å²) in [5, 5.41) is 4.98. The van der Waals surface area contributed by atoms with E-state index in [2.05, 4.69) is 15.4 Å². The summed E-state index contributed by atoms with van der Waals surface area (Å²) in [5.74, 6) is -0.419. The van der Waals surface area contributed by atoms with E-state index in [0.717, 1.165) is 17.8 Å². The highest BCUT2D eigenvalue weighted by atomic mass is 32.2. The third kappa shape index (κ3) is 4.97. The molecule has 3 amide bonds. The topological polar surface area (TPSA) is 79.9 Å². The quantitative estimate of drug-likeness (QED) is 0.496. The standard InChI is InChI=1S/C20H14F3N3O4S2/c21-20(22,23)30-14-4-2-1-3-12(14)24-18(28)26-7-8-29-15-6-5-11(9-13(15)26)10-16-17(27)25-19(31)32-16/h1-6,9-10H,7-8H2,(H,24,28)(H,25,27,31). The van der Waals surface area contributed by atoms with Crippen LogP contribution in [0.3, 0.4) is 0 Å². The van der Waals surface area contributed by atoms with Gasteiger partial charge in [-0.05, 0) is 35.9 Å². The van der Waals surface area contributed by atoms with Crippen LogP contribution in [-0.2, 0) is 4.79 Å². The number of rotatable bonds is 3. The number of para-hydroxylation sites is 2. The minimum Gasteiger partial charge on any atom is -0.490 e. The van der Waals surface area contributed by atoms with Crippen LogP contribution >= 0.6 is 24.0 Å². The lowest BCUT2D eigenvalue weighted by Crippen LogP contribution is -2.40. The molecule has 0 atom stereocenters. The predicted molar refractivity (Wildman–Crippen MR) is 118 cm³/mol. The number of anilines is 2. The van der Waals surface area contributed by atoms with E-state index in [1.54, 1.807) is 24.3 Å². The fourth-order valence-electron chi connectivity index (χ4n) is 3.07. The van der Waals surface area contributed by atoms with Crippen molar-refractivity contribution < 1.29 is 32.2 Å². The Balaban J connectivity index is 1.59. The largest absolute Gasteiger partial charge is 0.573 e. The zero-order valence-corrected chi connectivity index (χ0v) is 17.7. The van der Waals surface area contributed by atoms with E-state index in [9.17, 15) is 22.8 Å². The van der Waals surface area contributed by atoms with Crippen molar-refractivity contribution in [2.24, 2.45) is 0 Å². The molecule has 0 spiro atoms. The highest BCUT2D eigenvalue weighted by Crippen LogP contribution is 2.36. The number of benzene rings is 2. The van der Waals surface area contributed by atoms with Crippen molar-refractivity contribution >= 4 is 57.7 Å². The number of carbonyl (C=O) groups excluding carboxylic acids is 2. The molecular weight excluding hydrogens is 467 g/mol. The van der Waals surface area contributed by atoms with Gasteiger partial charge in [0.25, 0.3) is 5.91 Å². The summed E-state index contributed by atoms with van der Waals surface area (Å²) in [6.45, 7) is 0.370. The summed E-state index contributed by atoms with van der Waals surface area (Å²) >= 11 is 6.10. The van der Waals surface area contributed by atoms with Crippen molar-refractivity contribution in [3.05, 3.63) is 52.9 Å². The predicted octanol–water partition coefficient (Wildman–Crippen LogP) is 4.50. The summed E-state index contributed by atoms with van der Waals surface area (Å²) < 4.78 is 47.9. The zero-order valence-electron chi connectivity index (χ0n) is 16.1. The van der Waals surface area contributed by atoms with Crippen LogP contribution in [0.2, 0.25) is 0 Å². The highest BCUT2D eigenvalue weighted by molar-refractivity contribution is 8.26. The molecule has 32 heavy (non-hydrogen) atoms. The molecule has 0 unspecified atom stereocenters. The van der Waals surface area contributed by atoms with Crippen LogP contribution in [0.25, 0.3) is 6.08 Å². The van der Waals surface area contributed by atoms with E-state index in [0.29, 0.717) is 26.2 Å². The van der Waals surface area contributed by atoms with Crippen LogP contribution in [0.4, 0.5) is 29.3 Å². The first-order chi connectivity index (χ1) is 15.2. The lowest BCUT2D eigenvalue weighted by molar-refractivity contribution is -0.274. The second kappa shape index (κ2) is 8.71. The van der Waals surface area contributed by atoms with Gasteiger partial charge in [0.15, 0.2) is 5.75 Å². The van der Waals surface area contributed by atoms with Crippen molar-refractivity contribution in [3.8, 4) is 11.5 Å². The molecule has 1 fully saturated rings. The van der Waals surface area contributed by atoms with Crippen LogP contribution in [0, 0.1) is 0 Å². The third-order valence-electron chi connectivity index (χ3n) is 4.39. The molecule has 2 heterocycles. The number of hydrogen-bond acceptors (Lipinski definition) is 6. The number of nitrogens with zero attached hydrogens (tertiary/aromatic N) is 1. The number of ether oxygens (including phenoxy) is 2. The van der Waals surface area contributed by atoms with Crippen molar-refractivity contribution in [2.45, 2.75) is 6.36 Å². The molecule has 12 heteroatoms. The van der Waals surface area contributed by atoms with E-state index >= 15 is 0 Å². The summed E-state index contributed by atoms with van der Waals surface area (Å²) in [6, 6.07) is 9.61. The Labute approximate surface area is 189 Å². The Kier molecular flexibility index (Phi) is 5.98. The van der Waals surface area contributed by atoms with Gasteiger partial charge in [0.05, 0.1) is 22.8 Å². The lowest BCUT2D eigenvalue weighted by Gasteiger charge is -2.30. The Morgan fingerprint density at radius 1 is 1.28 bits per heavy atom. The van der Waals surface area contributed by atoms with Gasteiger partial charge in [-0.15, -0.1) is 13.2 Å². The Hall–Kier alpha value is -3.25.